The van der Waals surface area contributed by atoms with Crippen LogP contribution >= 0.6 is 0 Å². The third-order valence-electron chi connectivity index (χ3n) is 4.76. The minimum Gasteiger partial charge on any atom is -0.357 e. The molecular formula is C21H23N5O2. The van der Waals surface area contributed by atoms with E-state index >= 15 is 0 Å². The van der Waals surface area contributed by atoms with Crippen molar-refractivity contribution in [1.29, 1.82) is 0 Å². The third kappa shape index (κ3) is 4.26. The normalized spacial score (nSPS) is 16.6. The van der Waals surface area contributed by atoms with Crippen LogP contribution < -0.4 is 5.32 Å². The first kappa shape index (κ1) is 18.3. The molecule has 1 N–H and O–H groups in total. The molecule has 4 rings (SSSR count). The van der Waals surface area contributed by atoms with Crippen LogP contribution in [0, 0.1) is 0 Å². The van der Waals surface area contributed by atoms with Gasteiger partial charge in [-0.3, -0.25) is 4.79 Å². The molecule has 3 aromatic rings. The number of ether oxygens (including phenoxy) is 1. The number of carbonyl (C=O) groups excluding carboxylic acids is 1. The second kappa shape index (κ2) is 8.75. The molecule has 0 bridgehead atoms. The van der Waals surface area contributed by atoms with E-state index in [9.17, 15) is 4.79 Å². The van der Waals surface area contributed by atoms with Crippen LogP contribution in [0.3, 0.4) is 0 Å². The minimum absolute atomic E-state index is 0.0369. The van der Waals surface area contributed by atoms with Crippen molar-refractivity contribution in [2.45, 2.75) is 31.9 Å². The topological polar surface area (TPSA) is 81.9 Å². The summed E-state index contributed by atoms with van der Waals surface area (Å²) in [6.07, 6.45) is 9.27. The summed E-state index contributed by atoms with van der Waals surface area (Å²) in [5.74, 6) is 0.401. The zero-order valence-electron chi connectivity index (χ0n) is 15.6. The molecule has 28 heavy (non-hydrogen) atoms. The number of carbonyl (C=O) groups is 1. The highest BCUT2D eigenvalue weighted by atomic mass is 16.5. The lowest BCUT2D eigenvalue weighted by Crippen LogP contribution is -2.26. The standard InChI is InChI=1S/C21H23N5O2/c27-21(18-7-2-1-6-17(18)20-22-11-5-12-23-20)24-13-9-16-10-14-26(25-16)19-8-3-4-15-28-19/h1-2,5-7,10-12,14,19H,3-4,8-9,13,15H2,(H,24,27). The monoisotopic (exact) mass is 377 g/mol. The van der Waals surface area contributed by atoms with Crippen molar-refractivity contribution in [3.63, 3.8) is 0 Å². The van der Waals surface area contributed by atoms with E-state index in [1.54, 1.807) is 24.5 Å². The average Bonchev–Trinajstić information content (AvgIpc) is 3.24. The summed E-state index contributed by atoms with van der Waals surface area (Å²) in [6, 6.07) is 11.1. The smallest absolute Gasteiger partial charge is 0.252 e. The highest BCUT2D eigenvalue weighted by Crippen LogP contribution is 2.22. The van der Waals surface area contributed by atoms with Gasteiger partial charge < -0.3 is 10.1 Å². The summed E-state index contributed by atoms with van der Waals surface area (Å²) in [4.78, 5) is 21.2. The Morgan fingerprint density at radius 2 is 2.00 bits per heavy atom. The first-order chi connectivity index (χ1) is 13.8. The fraction of sp³-hybridized carbons (Fsp3) is 0.333. The van der Waals surface area contributed by atoms with Crippen molar-refractivity contribution in [3.8, 4) is 11.4 Å². The summed E-state index contributed by atoms with van der Waals surface area (Å²) in [6.45, 7) is 1.30. The molecule has 0 saturated carbocycles. The molecule has 1 saturated heterocycles. The van der Waals surface area contributed by atoms with E-state index in [4.69, 9.17) is 4.74 Å². The predicted octanol–water partition coefficient (Wildman–Crippen LogP) is 3.01. The second-order valence-electron chi connectivity index (χ2n) is 6.73. The van der Waals surface area contributed by atoms with E-state index in [0.717, 1.165) is 30.7 Å². The summed E-state index contributed by atoms with van der Waals surface area (Å²) >= 11 is 0. The highest BCUT2D eigenvalue weighted by Gasteiger charge is 2.17. The molecule has 1 fully saturated rings. The molecular weight excluding hydrogens is 354 g/mol. The predicted molar refractivity (Wildman–Crippen MR) is 105 cm³/mol. The second-order valence-corrected chi connectivity index (χ2v) is 6.73. The van der Waals surface area contributed by atoms with Gasteiger partial charge in [0, 0.05) is 43.7 Å². The lowest BCUT2D eigenvalue weighted by molar-refractivity contribution is -0.0396. The van der Waals surface area contributed by atoms with Gasteiger partial charge in [-0.2, -0.15) is 5.10 Å². The molecule has 1 unspecified atom stereocenters. The fourth-order valence-corrected chi connectivity index (χ4v) is 3.32. The van der Waals surface area contributed by atoms with Gasteiger partial charge in [-0.1, -0.05) is 18.2 Å². The maximum atomic E-state index is 12.7. The minimum atomic E-state index is -0.141. The third-order valence-corrected chi connectivity index (χ3v) is 4.76. The van der Waals surface area contributed by atoms with Crippen LogP contribution in [0.5, 0.6) is 0 Å². The first-order valence-electron chi connectivity index (χ1n) is 9.61. The summed E-state index contributed by atoms with van der Waals surface area (Å²) in [7, 11) is 0. The number of hydrogen-bond donors (Lipinski definition) is 1. The maximum absolute atomic E-state index is 12.7. The number of aromatic nitrogens is 4. The Morgan fingerprint density at radius 3 is 2.82 bits per heavy atom. The van der Waals surface area contributed by atoms with Gasteiger partial charge in [0.2, 0.25) is 0 Å². The number of nitrogens with zero attached hydrogens (tertiary/aromatic N) is 4. The highest BCUT2D eigenvalue weighted by molar-refractivity contribution is 6.00. The van der Waals surface area contributed by atoms with E-state index in [-0.39, 0.29) is 12.1 Å². The zero-order chi connectivity index (χ0) is 19.2. The van der Waals surface area contributed by atoms with E-state index in [1.165, 1.54) is 6.42 Å². The van der Waals surface area contributed by atoms with Crippen molar-refractivity contribution in [2.75, 3.05) is 13.2 Å². The van der Waals surface area contributed by atoms with Gasteiger partial charge in [-0.05, 0) is 37.5 Å². The Hall–Kier alpha value is -3.06. The number of amides is 1. The molecule has 3 heterocycles. The van der Waals surface area contributed by atoms with Gasteiger partial charge >= 0.3 is 0 Å². The van der Waals surface area contributed by atoms with E-state index in [0.29, 0.717) is 24.4 Å². The molecule has 1 amide bonds. The zero-order valence-corrected chi connectivity index (χ0v) is 15.6. The Bertz CT molecular complexity index is 919. The molecule has 0 aliphatic carbocycles. The number of rotatable bonds is 6. The SMILES string of the molecule is O=C(NCCc1ccn(C2CCCCO2)n1)c1ccccc1-c1ncccn1. The lowest BCUT2D eigenvalue weighted by Gasteiger charge is -2.22. The van der Waals surface area contributed by atoms with Crippen LogP contribution in [0.15, 0.2) is 55.0 Å². The molecule has 144 valence electrons. The molecule has 1 aliphatic heterocycles. The first-order valence-corrected chi connectivity index (χ1v) is 9.61. The van der Waals surface area contributed by atoms with Crippen molar-refractivity contribution in [3.05, 3.63) is 66.2 Å². The summed E-state index contributed by atoms with van der Waals surface area (Å²) in [5.41, 5.74) is 2.23. The van der Waals surface area contributed by atoms with E-state index in [2.05, 4.69) is 20.4 Å². The van der Waals surface area contributed by atoms with Gasteiger partial charge in [-0.25, -0.2) is 14.6 Å². The largest absolute Gasteiger partial charge is 0.357 e. The van der Waals surface area contributed by atoms with Crippen molar-refractivity contribution < 1.29 is 9.53 Å². The van der Waals surface area contributed by atoms with Crippen LogP contribution in [0.2, 0.25) is 0 Å². The molecule has 0 spiro atoms. The van der Waals surface area contributed by atoms with E-state index < -0.39 is 0 Å². The molecule has 1 aromatic carbocycles. The van der Waals surface area contributed by atoms with Crippen molar-refractivity contribution >= 4 is 5.91 Å². The number of hydrogen-bond acceptors (Lipinski definition) is 5. The van der Waals surface area contributed by atoms with Gasteiger partial charge in [0.25, 0.3) is 5.91 Å². The van der Waals surface area contributed by atoms with Gasteiger partial charge in [-0.15, -0.1) is 0 Å². The van der Waals surface area contributed by atoms with Crippen LogP contribution in [0.1, 0.15) is 41.5 Å². The van der Waals surface area contributed by atoms with Crippen LogP contribution in [-0.2, 0) is 11.2 Å². The van der Waals surface area contributed by atoms with Gasteiger partial charge in [0.1, 0.15) is 6.23 Å². The van der Waals surface area contributed by atoms with Gasteiger partial charge in [0.15, 0.2) is 5.82 Å². The number of benzene rings is 1. The summed E-state index contributed by atoms with van der Waals surface area (Å²) < 4.78 is 7.64. The molecule has 1 aliphatic rings. The Balaban J connectivity index is 1.36. The van der Waals surface area contributed by atoms with Crippen molar-refractivity contribution in [1.82, 2.24) is 25.1 Å². The Morgan fingerprint density at radius 1 is 1.14 bits per heavy atom. The van der Waals surface area contributed by atoms with Crippen molar-refractivity contribution in [2.24, 2.45) is 0 Å². The number of nitrogens with one attached hydrogen (secondary N) is 1. The van der Waals surface area contributed by atoms with Gasteiger partial charge in [0.05, 0.1) is 11.3 Å². The van der Waals surface area contributed by atoms with E-state index in [1.807, 2.05) is 35.1 Å². The molecule has 0 radical (unpaired) electrons. The fourth-order valence-electron chi connectivity index (χ4n) is 3.32. The quantitative estimate of drug-likeness (QED) is 0.714. The lowest BCUT2D eigenvalue weighted by atomic mass is 10.1. The molecule has 7 nitrogen and oxygen atoms in total. The Labute approximate surface area is 163 Å². The van der Waals surface area contributed by atoms with Crippen LogP contribution in [-0.4, -0.2) is 38.8 Å². The molecule has 7 heteroatoms. The average molecular weight is 377 g/mol. The molecule has 1 atom stereocenters. The van der Waals surface area contributed by atoms with Crippen LogP contribution in [0.25, 0.3) is 11.4 Å². The van der Waals surface area contributed by atoms with Crippen LogP contribution in [0.4, 0.5) is 0 Å². The molecule has 2 aromatic heterocycles. The summed E-state index contributed by atoms with van der Waals surface area (Å²) in [5, 5.41) is 7.56. The Kier molecular flexibility index (Phi) is 5.72. The maximum Gasteiger partial charge on any atom is 0.252 e.